The topological polar surface area (TPSA) is 61.6 Å². The normalized spacial score (nSPS) is 10.2. The van der Waals surface area contributed by atoms with Crippen LogP contribution in [0.15, 0.2) is 0 Å². The van der Waals surface area contributed by atoms with Gasteiger partial charge < -0.3 is 15.2 Å². The summed E-state index contributed by atoms with van der Waals surface area (Å²) in [7, 11) is 1.67. The van der Waals surface area contributed by atoms with Crippen molar-refractivity contribution in [2.45, 2.75) is 25.7 Å². The van der Waals surface area contributed by atoms with Gasteiger partial charge in [0.15, 0.2) is 0 Å². The summed E-state index contributed by atoms with van der Waals surface area (Å²) >= 11 is 0. The van der Waals surface area contributed by atoms with Gasteiger partial charge in [-0.1, -0.05) is 0 Å². The van der Waals surface area contributed by atoms with Crippen molar-refractivity contribution < 1.29 is 14.3 Å². The SMILES string of the molecule is COCCCOCCCCC(N)=O. The number of unbranched alkanes of at least 4 members (excludes halogenated alkanes) is 1. The molecule has 0 aliphatic carbocycles. The lowest BCUT2D eigenvalue weighted by Gasteiger charge is -2.02. The summed E-state index contributed by atoms with van der Waals surface area (Å²) in [6, 6.07) is 0. The van der Waals surface area contributed by atoms with E-state index >= 15 is 0 Å². The molecule has 0 rings (SSSR count). The fraction of sp³-hybridized carbons (Fsp3) is 0.889. The summed E-state index contributed by atoms with van der Waals surface area (Å²) in [5, 5.41) is 0. The number of primary amides is 1. The summed E-state index contributed by atoms with van der Waals surface area (Å²) in [6.45, 7) is 2.17. The second-order valence-corrected chi connectivity index (χ2v) is 2.88. The fourth-order valence-corrected chi connectivity index (χ4v) is 0.911. The first-order chi connectivity index (χ1) is 6.27. The maximum Gasteiger partial charge on any atom is 0.217 e. The standard InChI is InChI=1S/C9H19NO3/c1-12-6-4-8-13-7-3-2-5-9(10)11/h2-8H2,1H3,(H2,10,11). The number of methoxy groups -OCH3 is 1. The van der Waals surface area contributed by atoms with Crippen molar-refractivity contribution in [2.24, 2.45) is 5.73 Å². The molecule has 2 N–H and O–H groups in total. The van der Waals surface area contributed by atoms with E-state index in [9.17, 15) is 4.79 Å². The third kappa shape index (κ3) is 11.4. The van der Waals surface area contributed by atoms with Crippen LogP contribution in [0.5, 0.6) is 0 Å². The molecule has 0 aliphatic heterocycles. The van der Waals surface area contributed by atoms with Crippen molar-refractivity contribution in [3.8, 4) is 0 Å². The average Bonchev–Trinajstić information content (AvgIpc) is 2.09. The van der Waals surface area contributed by atoms with Crippen molar-refractivity contribution in [3.05, 3.63) is 0 Å². The molecule has 0 atom stereocenters. The monoisotopic (exact) mass is 189 g/mol. The zero-order valence-electron chi connectivity index (χ0n) is 8.25. The molecule has 4 heteroatoms. The molecule has 0 aliphatic rings. The zero-order chi connectivity index (χ0) is 9.94. The van der Waals surface area contributed by atoms with E-state index in [1.165, 1.54) is 0 Å². The maximum atomic E-state index is 10.3. The number of rotatable bonds is 9. The van der Waals surface area contributed by atoms with E-state index in [1.54, 1.807) is 7.11 Å². The minimum Gasteiger partial charge on any atom is -0.385 e. The Bertz CT molecular complexity index is 128. The lowest BCUT2D eigenvalue weighted by atomic mass is 10.2. The minimum atomic E-state index is -0.237. The Morgan fingerprint density at radius 3 is 2.46 bits per heavy atom. The van der Waals surface area contributed by atoms with Crippen LogP contribution in [0.4, 0.5) is 0 Å². The second kappa shape index (κ2) is 9.48. The Balaban J connectivity index is 2.87. The number of hydrogen-bond acceptors (Lipinski definition) is 3. The van der Waals surface area contributed by atoms with Crippen molar-refractivity contribution >= 4 is 5.91 Å². The molecular formula is C9H19NO3. The lowest BCUT2D eigenvalue weighted by Crippen LogP contribution is -2.10. The molecule has 0 heterocycles. The quantitative estimate of drug-likeness (QED) is 0.543. The summed E-state index contributed by atoms with van der Waals surface area (Å²) in [4.78, 5) is 10.3. The van der Waals surface area contributed by atoms with E-state index in [1.807, 2.05) is 0 Å². The number of nitrogens with two attached hydrogens (primary N) is 1. The number of carbonyl (C=O) groups excluding carboxylic acids is 1. The van der Waals surface area contributed by atoms with Gasteiger partial charge in [-0.05, 0) is 19.3 Å². The number of ether oxygens (including phenoxy) is 2. The molecule has 0 saturated carbocycles. The van der Waals surface area contributed by atoms with Gasteiger partial charge in [-0.2, -0.15) is 0 Å². The van der Waals surface area contributed by atoms with Crippen molar-refractivity contribution in [2.75, 3.05) is 26.9 Å². The average molecular weight is 189 g/mol. The van der Waals surface area contributed by atoms with E-state index in [2.05, 4.69) is 0 Å². The van der Waals surface area contributed by atoms with Gasteiger partial charge in [0.1, 0.15) is 0 Å². The smallest absolute Gasteiger partial charge is 0.217 e. The van der Waals surface area contributed by atoms with Crippen LogP contribution in [0.1, 0.15) is 25.7 Å². The largest absolute Gasteiger partial charge is 0.385 e. The van der Waals surface area contributed by atoms with Gasteiger partial charge in [-0.15, -0.1) is 0 Å². The molecule has 0 aromatic heterocycles. The van der Waals surface area contributed by atoms with Gasteiger partial charge in [0.2, 0.25) is 5.91 Å². The highest BCUT2D eigenvalue weighted by Gasteiger charge is 1.94. The molecule has 0 bridgehead atoms. The van der Waals surface area contributed by atoms with Gasteiger partial charge in [-0.3, -0.25) is 4.79 Å². The van der Waals surface area contributed by atoms with Gasteiger partial charge in [-0.25, -0.2) is 0 Å². The summed E-state index contributed by atoms with van der Waals surface area (Å²) in [6.07, 6.45) is 3.10. The van der Waals surface area contributed by atoms with E-state index < -0.39 is 0 Å². The van der Waals surface area contributed by atoms with Crippen LogP contribution in [0.25, 0.3) is 0 Å². The molecule has 0 aromatic rings. The Kier molecular flexibility index (Phi) is 9.03. The van der Waals surface area contributed by atoms with Crippen molar-refractivity contribution in [1.29, 1.82) is 0 Å². The number of amides is 1. The highest BCUT2D eigenvalue weighted by Crippen LogP contribution is 1.95. The molecule has 13 heavy (non-hydrogen) atoms. The Morgan fingerprint density at radius 2 is 1.85 bits per heavy atom. The van der Waals surface area contributed by atoms with Crippen molar-refractivity contribution in [1.82, 2.24) is 0 Å². The molecule has 78 valence electrons. The second-order valence-electron chi connectivity index (χ2n) is 2.88. The molecule has 4 nitrogen and oxygen atoms in total. The highest BCUT2D eigenvalue weighted by molar-refractivity contribution is 5.73. The Morgan fingerprint density at radius 1 is 1.15 bits per heavy atom. The Labute approximate surface area is 79.4 Å². The van der Waals surface area contributed by atoms with Gasteiger partial charge in [0, 0.05) is 33.4 Å². The lowest BCUT2D eigenvalue weighted by molar-refractivity contribution is -0.118. The molecular weight excluding hydrogens is 170 g/mol. The van der Waals surface area contributed by atoms with Crippen LogP contribution in [0.2, 0.25) is 0 Å². The zero-order valence-corrected chi connectivity index (χ0v) is 8.25. The van der Waals surface area contributed by atoms with E-state index in [0.29, 0.717) is 13.0 Å². The highest BCUT2D eigenvalue weighted by atomic mass is 16.5. The Hall–Kier alpha value is -0.610. The van der Waals surface area contributed by atoms with Crippen LogP contribution in [-0.2, 0) is 14.3 Å². The first-order valence-corrected chi connectivity index (χ1v) is 4.62. The van der Waals surface area contributed by atoms with Gasteiger partial charge in [0.25, 0.3) is 0 Å². The van der Waals surface area contributed by atoms with Gasteiger partial charge in [0.05, 0.1) is 0 Å². The first kappa shape index (κ1) is 12.4. The molecule has 0 spiro atoms. The van der Waals surface area contributed by atoms with Crippen LogP contribution in [0.3, 0.4) is 0 Å². The molecule has 1 amide bonds. The van der Waals surface area contributed by atoms with E-state index in [4.69, 9.17) is 15.2 Å². The first-order valence-electron chi connectivity index (χ1n) is 4.62. The summed E-state index contributed by atoms with van der Waals surface area (Å²) < 4.78 is 10.1. The van der Waals surface area contributed by atoms with Crippen LogP contribution < -0.4 is 5.73 Å². The predicted molar refractivity (Wildman–Crippen MR) is 50.4 cm³/mol. The third-order valence-corrected chi connectivity index (χ3v) is 1.60. The van der Waals surface area contributed by atoms with Crippen LogP contribution >= 0.6 is 0 Å². The minimum absolute atomic E-state index is 0.237. The molecule has 0 saturated heterocycles. The number of carbonyl (C=O) groups is 1. The number of hydrogen-bond donors (Lipinski definition) is 1. The van der Waals surface area contributed by atoms with E-state index in [0.717, 1.165) is 32.5 Å². The summed E-state index contributed by atoms with van der Waals surface area (Å²) in [5.74, 6) is -0.237. The maximum absolute atomic E-state index is 10.3. The third-order valence-electron chi connectivity index (χ3n) is 1.60. The molecule has 0 aromatic carbocycles. The predicted octanol–water partition coefficient (Wildman–Crippen LogP) is 0.695. The molecule has 0 radical (unpaired) electrons. The van der Waals surface area contributed by atoms with E-state index in [-0.39, 0.29) is 5.91 Å². The van der Waals surface area contributed by atoms with Crippen LogP contribution in [0, 0.1) is 0 Å². The van der Waals surface area contributed by atoms with Crippen molar-refractivity contribution in [3.63, 3.8) is 0 Å². The summed E-state index contributed by atoms with van der Waals surface area (Å²) in [5.41, 5.74) is 4.98. The van der Waals surface area contributed by atoms with Gasteiger partial charge >= 0.3 is 0 Å². The molecule has 0 unspecified atom stereocenters. The molecule has 0 fully saturated rings. The fourth-order valence-electron chi connectivity index (χ4n) is 0.911. The van der Waals surface area contributed by atoms with Crippen LogP contribution in [-0.4, -0.2) is 32.8 Å².